The third-order valence-corrected chi connectivity index (χ3v) is 4.62. The van der Waals surface area contributed by atoms with Gasteiger partial charge in [-0.2, -0.15) is 0 Å². The van der Waals surface area contributed by atoms with Crippen LogP contribution >= 0.6 is 12.4 Å². The number of urea groups is 1. The van der Waals surface area contributed by atoms with E-state index in [2.05, 4.69) is 22.9 Å². The van der Waals surface area contributed by atoms with Crippen LogP contribution in [-0.4, -0.2) is 42.5 Å². The zero-order valence-electron chi connectivity index (χ0n) is 16.0. The standard InChI is InChI=1S/C21H26N4O2.ClH/c1-2-14-25(19-12-13-22-15-19)20(26)16-8-10-18(11-9-16)24-21(27)23-17-6-4-3-5-7-17;/h3-11,19,22H,2,12-15H2,1H3,(H2,23,24,27);1H. The number of nitrogens with one attached hydrogen (secondary N) is 3. The number of carbonyl (C=O) groups excluding carboxylic acids is 2. The predicted octanol–water partition coefficient (Wildman–Crippen LogP) is 3.97. The van der Waals surface area contributed by atoms with Crippen LogP contribution in [0.3, 0.4) is 0 Å². The Morgan fingerprint density at radius 2 is 1.68 bits per heavy atom. The molecule has 3 amide bonds. The SMILES string of the molecule is CCCN(C(=O)c1ccc(NC(=O)Nc2ccccc2)cc1)C1CCNC1.Cl. The molecule has 28 heavy (non-hydrogen) atoms. The summed E-state index contributed by atoms with van der Waals surface area (Å²) in [6.07, 6.45) is 1.92. The molecule has 0 aromatic heterocycles. The summed E-state index contributed by atoms with van der Waals surface area (Å²) < 4.78 is 0. The zero-order valence-corrected chi connectivity index (χ0v) is 16.8. The maximum atomic E-state index is 12.9. The summed E-state index contributed by atoms with van der Waals surface area (Å²) in [6.45, 7) is 4.65. The van der Waals surface area contributed by atoms with Gasteiger partial charge in [-0.05, 0) is 55.8 Å². The molecule has 0 bridgehead atoms. The van der Waals surface area contributed by atoms with Crippen LogP contribution < -0.4 is 16.0 Å². The van der Waals surface area contributed by atoms with Crippen molar-refractivity contribution in [2.75, 3.05) is 30.3 Å². The first-order valence-corrected chi connectivity index (χ1v) is 9.42. The highest BCUT2D eigenvalue weighted by Gasteiger charge is 2.26. The lowest BCUT2D eigenvalue weighted by Gasteiger charge is -2.28. The first-order valence-electron chi connectivity index (χ1n) is 9.42. The number of rotatable bonds is 6. The monoisotopic (exact) mass is 402 g/mol. The molecular weight excluding hydrogens is 376 g/mol. The highest BCUT2D eigenvalue weighted by Crippen LogP contribution is 2.17. The van der Waals surface area contributed by atoms with E-state index in [9.17, 15) is 9.59 Å². The van der Waals surface area contributed by atoms with Gasteiger partial charge in [0.1, 0.15) is 0 Å². The summed E-state index contributed by atoms with van der Waals surface area (Å²) in [6, 6.07) is 16.2. The van der Waals surface area contributed by atoms with E-state index in [0.29, 0.717) is 11.3 Å². The van der Waals surface area contributed by atoms with Crippen molar-refractivity contribution in [1.82, 2.24) is 10.2 Å². The number of amides is 3. The fourth-order valence-corrected chi connectivity index (χ4v) is 3.27. The Hall–Kier alpha value is -2.57. The molecule has 6 nitrogen and oxygen atoms in total. The van der Waals surface area contributed by atoms with E-state index in [4.69, 9.17) is 0 Å². The summed E-state index contributed by atoms with van der Waals surface area (Å²) in [5, 5.41) is 8.87. The molecule has 0 saturated carbocycles. The minimum absolute atomic E-state index is 0. The Kier molecular flexibility index (Phi) is 8.29. The number of nitrogens with zero attached hydrogens (tertiary/aromatic N) is 1. The molecule has 2 aromatic rings. The van der Waals surface area contributed by atoms with Crippen LogP contribution in [0, 0.1) is 0 Å². The number of anilines is 2. The fourth-order valence-electron chi connectivity index (χ4n) is 3.27. The van der Waals surface area contributed by atoms with Crippen LogP contribution in [0.5, 0.6) is 0 Å². The van der Waals surface area contributed by atoms with E-state index < -0.39 is 0 Å². The second-order valence-electron chi connectivity index (χ2n) is 6.67. The van der Waals surface area contributed by atoms with Crippen molar-refractivity contribution in [3.05, 3.63) is 60.2 Å². The Labute approximate surface area is 172 Å². The maximum Gasteiger partial charge on any atom is 0.323 e. The summed E-state index contributed by atoms with van der Waals surface area (Å²) in [5.74, 6) is 0.0471. The lowest BCUT2D eigenvalue weighted by atomic mass is 10.1. The molecular formula is C21H27ClN4O2. The van der Waals surface area contributed by atoms with Crippen molar-refractivity contribution in [3.8, 4) is 0 Å². The van der Waals surface area contributed by atoms with Gasteiger partial charge in [-0.25, -0.2) is 4.79 Å². The molecule has 3 N–H and O–H groups in total. The van der Waals surface area contributed by atoms with Gasteiger partial charge in [0.2, 0.25) is 0 Å². The number of para-hydroxylation sites is 1. The Bertz CT molecular complexity index is 762. The summed E-state index contributed by atoms with van der Waals surface area (Å²) in [5.41, 5.74) is 2.01. The third kappa shape index (κ3) is 5.71. The molecule has 1 atom stereocenters. The Balaban J connectivity index is 0.00000280. The normalized spacial score (nSPS) is 15.4. The Morgan fingerprint density at radius 3 is 2.25 bits per heavy atom. The largest absolute Gasteiger partial charge is 0.334 e. The van der Waals surface area contributed by atoms with E-state index in [0.717, 1.165) is 38.2 Å². The van der Waals surface area contributed by atoms with Crippen molar-refractivity contribution in [2.24, 2.45) is 0 Å². The van der Waals surface area contributed by atoms with Gasteiger partial charge in [0.25, 0.3) is 5.91 Å². The molecule has 1 aliphatic rings. The number of hydrogen-bond donors (Lipinski definition) is 3. The fraction of sp³-hybridized carbons (Fsp3) is 0.333. The van der Waals surface area contributed by atoms with E-state index in [1.807, 2.05) is 35.2 Å². The number of carbonyl (C=O) groups is 2. The van der Waals surface area contributed by atoms with Gasteiger partial charge < -0.3 is 20.9 Å². The lowest BCUT2D eigenvalue weighted by Crippen LogP contribution is -2.42. The summed E-state index contributed by atoms with van der Waals surface area (Å²) >= 11 is 0. The summed E-state index contributed by atoms with van der Waals surface area (Å²) in [7, 11) is 0. The van der Waals surface area contributed by atoms with Gasteiger partial charge in [0.05, 0.1) is 0 Å². The van der Waals surface area contributed by atoms with E-state index in [1.165, 1.54) is 0 Å². The van der Waals surface area contributed by atoms with Crippen LogP contribution in [0.2, 0.25) is 0 Å². The first kappa shape index (κ1) is 21.7. The minimum atomic E-state index is -0.315. The smallest absolute Gasteiger partial charge is 0.323 e. The maximum absolute atomic E-state index is 12.9. The highest BCUT2D eigenvalue weighted by molar-refractivity contribution is 6.00. The Morgan fingerprint density at radius 1 is 1.04 bits per heavy atom. The molecule has 1 heterocycles. The van der Waals surface area contributed by atoms with Crippen LogP contribution in [0.15, 0.2) is 54.6 Å². The third-order valence-electron chi connectivity index (χ3n) is 4.62. The molecule has 1 aliphatic heterocycles. The van der Waals surface area contributed by atoms with Gasteiger partial charge in [-0.3, -0.25) is 4.79 Å². The predicted molar refractivity (Wildman–Crippen MR) is 115 cm³/mol. The average Bonchev–Trinajstić information content (AvgIpc) is 3.21. The van der Waals surface area contributed by atoms with Crippen molar-refractivity contribution in [2.45, 2.75) is 25.8 Å². The molecule has 7 heteroatoms. The first-order chi connectivity index (χ1) is 13.2. The highest BCUT2D eigenvalue weighted by atomic mass is 35.5. The van der Waals surface area contributed by atoms with Crippen molar-refractivity contribution >= 4 is 35.7 Å². The van der Waals surface area contributed by atoms with Crippen molar-refractivity contribution in [1.29, 1.82) is 0 Å². The molecule has 2 aromatic carbocycles. The van der Waals surface area contributed by atoms with Crippen molar-refractivity contribution in [3.63, 3.8) is 0 Å². The molecule has 150 valence electrons. The molecule has 0 aliphatic carbocycles. The number of halogens is 1. The molecule has 3 rings (SSSR count). The van der Waals surface area contributed by atoms with E-state index in [-0.39, 0.29) is 30.4 Å². The van der Waals surface area contributed by atoms with Crippen LogP contribution in [0.4, 0.5) is 16.2 Å². The van der Waals surface area contributed by atoms with E-state index in [1.54, 1.807) is 24.3 Å². The molecule has 1 saturated heterocycles. The van der Waals surface area contributed by atoms with Gasteiger partial charge >= 0.3 is 6.03 Å². The van der Waals surface area contributed by atoms with Gasteiger partial charge in [-0.15, -0.1) is 12.4 Å². The van der Waals surface area contributed by atoms with Crippen LogP contribution in [0.25, 0.3) is 0 Å². The molecule has 1 unspecified atom stereocenters. The average molecular weight is 403 g/mol. The van der Waals surface area contributed by atoms with Crippen LogP contribution in [-0.2, 0) is 0 Å². The van der Waals surface area contributed by atoms with Gasteiger partial charge in [-0.1, -0.05) is 25.1 Å². The van der Waals surface area contributed by atoms with Crippen molar-refractivity contribution < 1.29 is 9.59 Å². The molecule has 1 fully saturated rings. The van der Waals surface area contributed by atoms with Gasteiger partial charge in [0, 0.05) is 36.1 Å². The summed E-state index contributed by atoms with van der Waals surface area (Å²) in [4.78, 5) is 26.9. The molecule has 0 spiro atoms. The number of hydrogen-bond acceptors (Lipinski definition) is 3. The quantitative estimate of drug-likeness (QED) is 0.684. The number of benzene rings is 2. The van der Waals surface area contributed by atoms with Gasteiger partial charge in [0.15, 0.2) is 0 Å². The second-order valence-corrected chi connectivity index (χ2v) is 6.67. The minimum Gasteiger partial charge on any atom is -0.334 e. The molecule has 0 radical (unpaired) electrons. The second kappa shape index (κ2) is 10.7. The van der Waals surface area contributed by atoms with E-state index >= 15 is 0 Å². The zero-order chi connectivity index (χ0) is 19.1. The lowest BCUT2D eigenvalue weighted by molar-refractivity contribution is 0.0692. The van der Waals surface area contributed by atoms with Crippen LogP contribution in [0.1, 0.15) is 30.1 Å². The topological polar surface area (TPSA) is 73.5 Å².